The molecule has 0 amide bonds. The summed E-state index contributed by atoms with van der Waals surface area (Å²) in [5.74, 6) is 0.401. The van der Waals surface area contributed by atoms with Crippen LogP contribution in [0.4, 0.5) is 0 Å². The van der Waals surface area contributed by atoms with Crippen LogP contribution < -0.4 is 0 Å². The van der Waals surface area contributed by atoms with Crippen LogP contribution in [0.3, 0.4) is 0 Å². The number of rotatable bonds is 2. The number of hydrogen-bond acceptors (Lipinski definition) is 2. The van der Waals surface area contributed by atoms with Crippen molar-refractivity contribution in [2.75, 3.05) is 0 Å². The van der Waals surface area contributed by atoms with Gasteiger partial charge in [0.15, 0.2) is 0 Å². The molecule has 1 saturated carbocycles. The van der Waals surface area contributed by atoms with Crippen molar-refractivity contribution in [3.05, 3.63) is 0 Å². The van der Waals surface area contributed by atoms with Crippen molar-refractivity contribution in [3.8, 4) is 0 Å². The Morgan fingerprint density at radius 2 is 2.08 bits per heavy atom. The third kappa shape index (κ3) is 2.07. The summed E-state index contributed by atoms with van der Waals surface area (Å²) in [6, 6.07) is 0. The van der Waals surface area contributed by atoms with Gasteiger partial charge in [0.2, 0.25) is 0 Å². The normalized spacial score (nSPS) is 27.7. The van der Waals surface area contributed by atoms with Crippen LogP contribution in [-0.2, 0) is 4.79 Å². The lowest BCUT2D eigenvalue weighted by atomic mass is 9.80. The maximum absolute atomic E-state index is 11.4. The Hall–Kier alpha value is -0.370. The van der Waals surface area contributed by atoms with E-state index in [1.54, 1.807) is 0 Å². The van der Waals surface area contributed by atoms with Crippen LogP contribution in [0.5, 0.6) is 0 Å². The minimum Gasteiger partial charge on any atom is -0.392 e. The second-order valence-corrected chi connectivity index (χ2v) is 4.05. The van der Waals surface area contributed by atoms with E-state index in [2.05, 4.69) is 0 Å². The molecule has 0 aromatic carbocycles. The molecule has 0 heterocycles. The molecule has 70 valence electrons. The van der Waals surface area contributed by atoms with Gasteiger partial charge in [0.1, 0.15) is 5.78 Å². The molecule has 1 aliphatic rings. The zero-order chi connectivity index (χ0) is 9.14. The van der Waals surface area contributed by atoms with Gasteiger partial charge in [-0.25, -0.2) is 0 Å². The summed E-state index contributed by atoms with van der Waals surface area (Å²) in [5.41, 5.74) is 0. The standard InChI is InChI=1S/C10H18O2/c1-7(2)10(12)8-5-3-4-6-9(8)11/h7-8,10,12H,3-6H2,1-2H3/t8-,10+/m1/s1. The quantitative estimate of drug-likeness (QED) is 0.685. The monoisotopic (exact) mass is 170 g/mol. The molecule has 0 aromatic heterocycles. The van der Waals surface area contributed by atoms with Gasteiger partial charge >= 0.3 is 0 Å². The number of hydrogen-bond donors (Lipinski definition) is 1. The number of Topliss-reactive ketones (excluding diaryl/α,β-unsaturated/α-hetero) is 1. The van der Waals surface area contributed by atoms with Crippen molar-refractivity contribution in [2.24, 2.45) is 11.8 Å². The Bertz CT molecular complexity index is 163. The largest absolute Gasteiger partial charge is 0.392 e. The van der Waals surface area contributed by atoms with Crippen LogP contribution in [0.2, 0.25) is 0 Å². The Labute approximate surface area is 74.0 Å². The fraction of sp³-hybridized carbons (Fsp3) is 0.900. The molecule has 2 nitrogen and oxygen atoms in total. The summed E-state index contributed by atoms with van der Waals surface area (Å²) in [4.78, 5) is 11.4. The van der Waals surface area contributed by atoms with E-state index in [0.29, 0.717) is 6.42 Å². The highest BCUT2D eigenvalue weighted by Crippen LogP contribution is 2.26. The highest BCUT2D eigenvalue weighted by Gasteiger charge is 2.30. The molecular weight excluding hydrogens is 152 g/mol. The van der Waals surface area contributed by atoms with Crippen molar-refractivity contribution in [1.29, 1.82) is 0 Å². The first-order valence-corrected chi connectivity index (χ1v) is 4.83. The fourth-order valence-electron chi connectivity index (χ4n) is 1.84. The van der Waals surface area contributed by atoms with E-state index in [-0.39, 0.29) is 17.6 Å². The van der Waals surface area contributed by atoms with Gasteiger partial charge in [0.05, 0.1) is 6.10 Å². The lowest BCUT2D eigenvalue weighted by Gasteiger charge is -2.27. The van der Waals surface area contributed by atoms with Gasteiger partial charge in [-0.1, -0.05) is 20.3 Å². The van der Waals surface area contributed by atoms with Crippen molar-refractivity contribution in [1.82, 2.24) is 0 Å². The van der Waals surface area contributed by atoms with Crippen molar-refractivity contribution in [3.63, 3.8) is 0 Å². The van der Waals surface area contributed by atoms with Crippen molar-refractivity contribution in [2.45, 2.75) is 45.6 Å². The first-order valence-electron chi connectivity index (χ1n) is 4.83. The summed E-state index contributed by atoms with van der Waals surface area (Å²) in [5, 5.41) is 9.70. The van der Waals surface area contributed by atoms with Gasteiger partial charge in [-0.05, 0) is 18.8 Å². The number of aliphatic hydroxyl groups is 1. The molecule has 12 heavy (non-hydrogen) atoms. The Morgan fingerprint density at radius 1 is 1.42 bits per heavy atom. The SMILES string of the molecule is CC(C)[C@H](O)[C@@H]1CCCCC1=O. The third-order valence-corrected chi connectivity index (χ3v) is 2.70. The molecule has 2 heteroatoms. The minimum atomic E-state index is -0.419. The number of carbonyl (C=O) groups excluding carboxylic acids is 1. The first kappa shape index (κ1) is 9.72. The summed E-state index contributed by atoms with van der Waals surface area (Å²) in [7, 11) is 0. The first-order chi connectivity index (χ1) is 5.63. The molecule has 0 unspecified atom stereocenters. The molecule has 0 saturated heterocycles. The second-order valence-electron chi connectivity index (χ2n) is 4.05. The topological polar surface area (TPSA) is 37.3 Å². The highest BCUT2D eigenvalue weighted by molar-refractivity contribution is 5.82. The van der Waals surface area contributed by atoms with E-state index in [4.69, 9.17) is 0 Å². The van der Waals surface area contributed by atoms with Crippen molar-refractivity contribution < 1.29 is 9.90 Å². The summed E-state index contributed by atoms with van der Waals surface area (Å²) < 4.78 is 0. The molecular formula is C10H18O2. The highest BCUT2D eigenvalue weighted by atomic mass is 16.3. The molecule has 0 aromatic rings. The fourth-order valence-corrected chi connectivity index (χ4v) is 1.84. The number of ketones is 1. The van der Waals surface area contributed by atoms with E-state index < -0.39 is 6.10 Å². The summed E-state index contributed by atoms with van der Waals surface area (Å²) in [6.45, 7) is 3.93. The van der Waals surface area contributed by atoms with E-state index in [9.17, 15) is 9.90 Å². The van der Waals surface area contributed by atoms with E-state index in [0.717, 1.165) is 19.3 Å². The molecule has 2 atom stereocenters. The average molecular weight is 170 g/mol. The molecule has 1 rings (SSSR count). The zero-order valence-corrected chi connectivity index (χ0v) is 7.92. The van der Waals surface area contributed by atoms with Gasteiger partial charge in [0, 0.05) is 12.3 Å². The van der Waals surface area contributed by atoms with Crippen LogP contribution in [0.1, 0.15) is 39.5 Å². The molecule has 1 N–H and O–H groups in total. The van der Waals surface area contributed by atoms with Crippen molar-refractivity contribution >= 4 is 5.78 Å². The smallest absolute Gasteiger partial charge is 0.138 e. The molecule has 0 bridgehead atoms. The predicted octanol–water partition coefficient (Wildman–Crippen LogP) is 1.76. The maximum atomic E-state index is 11.4. The molecule has 1 fully saturated rings. The molecule has 0 aliphatic heterocycles. The van der Waals surface area contributed by atoms with Gasteiger partial charge < -0.3 is 5.11 Å². The second kappa shape index (κ2) is 4.04. The van der Waals surface area contributed by atoms with Crippen LogP contribution in [0.15, 0.2) is 0 Å². The van der Waals surface area contributed by atoms with Gasteiger partial charge in [-0.3, -0.25) is 4.79 Å². The third-order valence-electron chi connectivity index (χ3n) is 2.70. The molecule has 1 aliphatic carbocycles. The zero-order valence-electron chi connectivity index (χ0n) is 7.92. The summed E-state index contributed by atoms with van der Waals surface area (Å²) >= 11 is 0. The Kier molecular flexibility index (Phi) is 3.27. The van der Waals surface area contributed by atoms with E-state index in [1.807, 2.05) is 13.8 Å². The van der Waals surface area contributed by atoms with Crippen LogP contribution >= 0.6 is 0 Å². The Morgan fingerprint density at radius 3 is 2.58 bits per heavy atom. The lowest BCUT2D eigenvalue weighted by Crippen LogP contribution is -2.34. The average Bonchev–Trinajstić information content (AvgIpc) is 2.04. The number of carbonyl (C=O) groups is 1. The lowest BCUT2D eigenvalue weighted by molar-refractivity contribution is -0.129. The van der Waals surface area contributed by atoms with Crippen LogP contribution in [-0.4, -0.2) is 17.0 Å². The molecule has 0 spiro atoms. The minimum absolute atomic E-state index is 0.0706. The predicted molar refractivity (Wildman–Crippen MR) is 47.8 cm³/mol. The van der Waals surface area contributed by atoms with Crippen LogP contribution in [0, 0.1) is 11.8 Å². The number of aliphatic hydroxyl groups excluding tert-OH is 1. The van der Waals surface area contributed by atoms with E-state index in [1.165, 1.54) is 0 Å². The van der Waals surface area contributed by atoms with Gasteiger partial charge in [0.25, 0.3) is 0 Å². The maximum Gasteiger partial charge on any atom is 0.138 e. The summed E-state index contributed by atoms with van der Waals surface area (Å²) in [6.07, 6.45) is 3.25. The van der Waals surface area contributed by atoms with Gasteiger partial charge in [-0.2, -0.15) is 0 Å². The molecule has 0 radical (unpaired) electrons. The van der Waals surface area contributed by atoms with E-state index >= 15 is 0 Å². The van der Waals surface area contributed by atoms with Gasteiger partial charge in [-0.15, -0.1) is 0 Å². The van der Waals surface area contributed by atoms with Crippen LogP contribution in [0.25, 0.3) is 0 Å². The Balaban J connectivity index is 2.53.